The number of hydrogen-bond acceptors (Lipinski definition) is 5. The van der Waals surface area contributed by atoms with E-state index in [2.05, 4.69) is 28.9 Å². The van der Waals surface area contributed by atoms with E-state index in [1.165, 1.54) is 29.9 Å². The van der Waals surface area contributed by atoms with Gasteiger partial charge in [0, 0.05) is 35.8 Å². The molecule has 4 rings (SSSR count). The first-order chi connectivity index (χ1) is 15.6. The first kappa shape index (κ1) is 25.7. The van der Waals surface area contributed by atoms with Crippen LogP contribution in [0.2, 0.25) is 0 Å². The van der Waals surface area contributed by atoms with Crippen LogP contribution >= 0.6 is 11.3 Å². The highest BCUT2D eigenvalue weighted by Crippen LogP contribution is 2.29. The third kappa shape index (κ3) is 7.86. The first-order valence-electron chi connectivity index (χ1n) is 11.3. The van der Waals surface area contributed by atoms with Crippen molar-refractivity contribution in [3.63, 3.8) is 0 Å². The highest BCUT2D eigenvalue weighted by atomic mass is 32.1. The number of nitrogens with two attached hydrogens (primary N) is 1. The van der Waals surface area contributed by atoms with Crippen molar-refractivity contribution < 1.29 is 9.53 Å². The van der Waals surface area contributed by atoms with Crippen molar-refractivity contribution in [2.45, 2.75) is 34.1 Å². The van der Waals surface area contributed by atoms with Gasteiger partial charge in [0.1, 0.15) is 5.01 Å². The molecule has 1 aromatic heterocycles. The zero-order chi connectivity index (χ0) is 23.3. The number of aromatic nitrogens is 1. The van der Waals surface area contributed by atoms with Gasteiger partial charge in [-0.3, -0.25) is 9.69 Å². The summed E-state index contributed by atoms with van der Waals surface area (Å²) < 4.78 is 5.20. The summed E-state index contributed by atoms with van der Waals surface area (Å²) in [7, 11) is 0. The van der Waals surface area contributed by atoms with E-state index in [-0.39, 0.29) is 0 Å². The molecule has 0 radical (unpaired) electrons. The summed E-state index contributed by atoms with van der Waals surface area (Å²) in [5.41, 5.74) is 10.1. The number of ether oxygens (including phenoxy) is 1. The molecule has 1 saturated heterocycles. The average molecular weight is 454 g/mol. The van der Waals surface area contributed by atoms with E-state index in [9.17, 15) is 4.79 Å². The number of carbonyl (C=O) groups is 1. The van der Waals surface area contributed by atoms with Crippen LogP contribution in [0.15, 0.2) is 54.0 Å². The largest absolute Gasteiger partial charge is 0.379 e. The number of morpholine rings is 1. The normalized spacial score (nSPS) is 13.4. The second kappa shape index (κ2) is 13.8. The maximum atomic E-state index is 11.6. The quantitative estimate of drug-likeness (QED) is 0.543. The minimum atomic E-state index is -0.429. The van der Waals surface area contributed by atoms with E-state index in [0.29, 0.717) is 5.56 Å². The lowest BCUT2D eigenvalue weighted by atomic mass is 9.99. The Kier molecular flexibility index (Phi) is 11.1. The molecule has 2 N–H and O–H groups in total. The molecule has 6 heteroatoms. The van der Waals surface area contributed by atoms with E-state index in [1.54, 1.807) is 12.3 Å². The Morgan fingerprint density at radius 2 is 1.72 bits per heavy atom. The molecule has 172 valence electrons. The van der Waals surface area contributed by atoms with E-state index < -0.39 is 5.91 Å². The van der Waals surface area contributed by atoms with Crippen molar-refractivity contribution in [2.24, 2.45) is 5.73 Å². The zero-order valence-corrected chi connectivity index (χ0v) is 20.5. The molecule has 1 amide bonds. The van der Waals surface area contributed by atoms with Crippen LogP contribution in [0.1, 0.15) is 43.1 Å². The predicted octanol–water partition coefficient (Wildman–Crippen LogP) is 5.64. The molecule has 2 aromatic carbocycles. The van der Waals surface area contributed by atoms with Gasteiger partial charge in [0.05, 0.1) is 13.2 Å². The molecule has 1 aliphatic rings. The Hall–Kier alpha value is -2.54. The van der Waals surface area contributed by atoms with Crippen molar-refractivity contribution in [3.8, 4) is 21.7 Å². The summed E-state index contributed by atoms with van der Waals surface area (Å²) >= 11 is 1.54. The second-order valence-electron chi connectivity index (χ2n) is 7.32. The standard InChI is InChI=1S/C17H14N2OS.C7H15NO.C2H6/c1-11-2-4-12(5-3-11)13-8-14(16(18)20)10-15(9-13)17-19-6-7-21-17;1-2-3-8-4-6-9-7-5-8;1-2/h2-10H,1H3,(H2,18,20);2-7H2,1H3;1-2H3. The molecule has 1 aliphatic heterocycles. The molecule has 32 heavy (non-hydrogen) atoms. The van der Waals surface area contributed by atoms with E-state index in [1.807, 2.05) is 50.4 Å². The van der Waals surface area contributed by atoms with Crippen molar-refractivity contribution in [1.82, 2.24) is 9.88 Å². The Bertz CT molecular complexity index is 931. The van der Waals surface area contributed by atoms with Crippen LogP contribution in [-0.2, 0) is 4.74 Å². The maximum Gasteiger partial charge on any atom is 0.248 e. The SMILES string of the molecule is CC.CCCN1CCOCC1.Cc1ccc(-c2cc(C(N)=O)cc(-c3nccs3)c2)cc1. The van der Waals surface area contributed by atoms with Gasteiger partial charge in [-0.15, -0.1) is 11.3 Å². The third-order valence-corrected chi connectivity index (χ3v) is 5.75. The molecule has 0 bridgehead atoms. The minimum Gasteiger partial charge on any atom is -0.379 e. The van der Waals surface area contributed by atoms with E-state index in [4.69, 9.17) is 10.5 Å². The number of amides is 1. The number of aryl methyl sites for hydroxylation is 1. The number of benzene rings is 2. The number of carbonyl (C=O) groups excluding carboxylic acids is 1. The predicted molar refractivity (Wildman–Crippen MR) is 135 cm³/mol. The van der Waals surface area contributed by atoms with Crippen molar-refractivity contribution >= 4 is 17.2 Å². The van der Waals surface area contributed by atoms with Crippen LogP contribution in [0.4, 0.5) is 0 Å². The van der Waals surface area contributed by atoms with Crippen LogP contribution in [0.3, 0.4) is 0 Å². The lowest BCUT2D eigenvalue weighted by molar-refractivity contribution is 0.0380. The summed E-state index contributed by atoms with van der Waals surface area (Å²) in [5.74, 6) is -0.429. The van der Waals surface area contributed by atoms with Crippen LogP contribution < -0.4 is 5.73 Å². The number of hydrogen-bond donors (Lipinski definition) is 1. The minimum absolute atomic E-state index is 0.429. The molecule has 3 aromatic rings. The molecule has 5 nitrogen and oxygen atoms in total. The molecular weight excluding hydrogens is 418 g/mol. The van der Waals surface area contributed by atoms with E-state index in [0.717, 1.165) is 48.0 Å². The summed E-state index contributed by atoms with van der Waals surface area (Å²) in [6, 6.07) is 13.8. The van der Waals surface area contributed by atoms with Gasteiger partial charge in [-0.2, -0.15) is 0 Å². The third-order valence-electron chi connectivity index (χ3n) is 4.93. The summed E-state index contributed by atoms with van der Waals surface area (Å²) in [5, 5.41) is 2.80. The fraction of sp³-hybridized carbons (Fsp3) is 0.385. The Morgan fingerprint density at radius 1 is 1.06 bits per heavy atom. The summed E-state index contributed by atoms with van der Waals surface area (Å²) in [4.78, 5) is 18.3. The number of primary amides is 1. The van der Waals surface area contributed by atoms with Gasteiger partial charge >= 0.3 is 0 Å². The van der Waals surface area contributed by atoms with Gasteiger partial charge in [-0.1, -0.05) is 50.6 Å². The Morgan fingerprint density at radius 3 is 2.28 bits per heavy atom. The van der Waals surface area contributed by atoms with Gasteiger partial charge in [-0.25, -0.2) is 4.98 Å². The number of nitrogens with zero attached hydrogens (tertiary/aromatic N) is 2. The second-order valence-corrected chi connectivity index (χ2v) is 8.22. The molecule has 2 heterocycles. The summed E-state index contributed by atoms with van der Waals surface area (Å²) in [6.45, 7) is 13.6. The van der Waals surface area contributed by atoms with Crippen LogP contribution in [0.5, 0.6) is 0 Å². The topological polar surface area (TPSA) is 68.5 Å². The molecule has 1 fully saturated rings. The highest BCUT2D eigenvalue weighted by Gasteiger charge is 2.10. The lowest BCUT2D eigenvalue weighted by Gasteiger charge is -2.25. The lowest BCUT2D eigenvalue weighted by Crippen LogP contribution is -2.36. The van der Waals surface area contributed by atoms with Gasteiger partial charge < -0.3 is 10.5 Å². The van der Waals surface area contributed by atoms with Crippen molar-refractivity contribution in [1.29, 1.82) is 0 Å². The van der Waals surface area contributed by atoms with Gasteiger partial charge in [-0.05, 0) is 49.2 Å². The van der Waals surface area contributed by atoms with Crippen molar-refractivity contribution in [3.05, 3.63) is 65.2 Å². The monoisotopic (exact) mass is 453 g/mol. The Labute approximate surface area is 196 Å². The van der Waals surface area contributed by atoms with Gasteiger partial charge in [0.25, 0.3) is 0 Å². The zero-order valence-electron chi connectivity index (χ0n) is 19.6. The van der Waals surface area contributed by atoms with Gasteiger partial charge in [0.15, 0.2) is 0 Å². The van der Waals surface area contributed by atoms with E-state index >= 15 is 0 Å². The number of rotatable bonds is 5. The Balaban J connectivity index is 0.000000277. The molecule has 0 aliphatic carbocycles. The molecule has 0 spiro atoms. The molecule has 0 saturated carbocycles. The van der Waals surface area contributed by atoms with Crippen molar-refractivity contribution in [2.75, 3.05) is 32.8 Å². The van der Waals surface area contributed by atoms with Gasteiger partial charge in [0.2, 0.25) is 5.91 Å². The fourth-order valence-electron chi connectivity index (χ4n) is 3.31. The molecule has 0 unspecified atom stereocenters. The van der Waals surface area contributed by atoms with Crippen LogP contribution in [0, 0.1) is 6.92 Å². The van der Waals surface area contributed by atoms with Crippen LogP contribution in [-0.4, -0.2) is 48.6 Å². The molecule has 0 atom stereocenters. The highest BCUT2D eigenvalue weighted by molar-refractivity contribution is 7.13. The van der Waals surface area contributed by atoms with Crippen LogP contribution in [0.25, 0.3) is 21.7 Å². The summed E-state index contributed by atoms with van der Waals surface area (Å²) in [6.07, 6.45) is 3.02. The smallest absolute Gasteiger partial charge is 0.248 e. The maximum absolute atomic E-state index is 11.6. The first-order valence-corrected chi connectivity index (χ1v) is 12.2. The number of thiazole rings is 1. The average Bonchev–Trinajstić information content (AvgIpc) is 3.37. The fourth-order valence-corrected chi connectivity index (χ4v) is 3.94. The molecular formula is C26H35N3O2S.